The number of aliphatic imine (C=N–C) groups is 1. The highest BCUT2D eigenvalue weighted by molar-refractivity contribution is 8.14. The van der Waals surface area contributed by atoms with Crippen LogP contribution in [0.2, 0.25) is 0 Å². The van der Waals surface area contributed by atoms with Crippen molar-refractivity contribution in [2.75, 3.05) is 12.3 Å². The van der Waals surface area contributed by atoms with Gasteiger partial charge in [-0.1, -0.05) is 44.4 Å². The Bertz CT molecular complexity index is 259. The van der Waals surface area contributed by atoms with Crippen LogP contribution < -0.4 is 5.32 Å². The summed E-state index contributed by atoms with van der Waals surface area (Å²) in [5, 5.41) is 4.74. The lowest BCUT2D eigenvalue weighted by atomic mass is 10.0. The Labute approximate surface area is 104 Å². The van der Waals surface area contributed by atoms with Gasteiger partial charge < -0.3 is 5.32 Å². The minimum atomic E-state index is 0.289. The zero-order valence-corrected chi connectivity index (χ0v) is 11.4. The van der Waals surface area contributed by atoms with Gasteiger partial charge in [-0.2, -0.15) is 0 Å². The van der Waals surface area contributed by atoms with Crippen LogP contribution in [-0.2, 0) is 0 Å². The van der Waals surface area contributed by atoms with E-state index in [1.165, 1.54) is 49.4 Å². The van der Waals surface area contributed by atoms with Gasteiger partial charge >= 0.3 is 0 Å². The topological polar surface area (TPSA) is 24.4 Å². The van der Waals surface area contributed by atoms with Crippen molar-refractivity contribution in [2.24, 2.45) is 10.9 Å². The summed E-state index contributed by atoms with van der Waals surface area (Å²) in [5.74, 6) is 2.14. The van der Waals surface area contributed by atoms with Crippen molar-refractivity contribution in [2.45, 2.75) is 57.9 Å². The first-order valence-electron chi connectivity index (χ1n) is 6.67. The maximum Gasteiger partial charge on any atom is 0.157 e. The van der Waals surface area contributed by atoms with Gasteiger partial charge in [0, 0.05) is 17.8 Å². The summed E-state index contributed by atoms with van der Waals surface area (Å²) in [5.41, 5.74) is 0.289. The van der Waals surface area contributed by atoms with Crippen LogP contribution in [0, 0.1) is 5.92 Å². The highest BCUT2D eigenvalue weighted by Gasteiger charge is 2.30. The number of nitrogens with one attached hydrogen (secondary N) is 1. The molecule has 1 N–H and O–H groups in total. The van der Waals surface area contributed by atoms with Crippen molar-refractivity contribution in [3.63, 3.8) is 0 Å². The third kappa shape index (κ3) is 3.16. The molecule has 1 atom stereocenters. The molecule has 1 unspecified atom stereocenters. The summed E-state index contributed by atoms with van der Waals surface area (Å²) >= 11 is 1.90. The van der Waals surface area contributed by atoms with Crippen molar-refractivity contribution < 1.29 is 0 Å². The van der Waals surface area contributed by atoms with Gasteiger partial charge in [-0.05, 0) is 25.7 Å². The zero-order valence-electron chi connectivity index (χ0n) is 10.6. The largest absolute Gasteiger partial charge is 0.359 e. The van der Waals surface area contributed by atoms with E-state index in [2.05, 4.69) is 19.2 Å². The molecule has 2 fully saturated rings. The molecule has 1 saturated heterocycles. The van der Waals surface area contributed by atoms with E-state index in [-0.39, 0.29) is 5.54 Å². The van der Waals surface area contributed by atoms with E-state index in [0.717, 1.165) is 12.5 Å². The fraction of sp³-hybridized carbons (Fsp3) is 0.923. The van der Waals surface area contributed by atoms with E-state index in [4.69, 9.17) is 4.99 Å². The molecule has 1 saturated carbocycles. The first-order chi connectivity index (χ1) is 7.72. The van der Waals surface area contributed by atoms with Crippen LogP contribution in [0.15, 0.2) is 4.99 Å². The van der Waals surface area contributed by atoms with Crippen LogP contribution in [0.1, 0.15) is 52.4 Å². The maximum atomic E-state index is 4.70. The Morgan fingerprint density at radius 1 is 1.44 bits per heavy atom. The number of hydrogen-bond donors (Lipinski definition) is 1. The molecular formula is C13H24N2S. The third-order valence-electron chi connectivity index (χ3n) is 3.98. The fourth-order valence-electron chi connectivity index (χ4n) is 2.48. The van der Waals surface area contributed by atoms with Gasteiger partial charge in [0.25, 0.3) is 0 Å². The van der Waals surface area contributed by atoms with Crippen LogP contribution in [0.4, 0.5) is 0 Å². The summed E-state index contributed by atoms with van der Waals surface area (Å²) in [6.45, 7) is 5.56. The summed E-state index contributed by atoms with van der Waals surface area (Å²) in [4.78, 5) is 4.70. The standard InChI is InChI=1S/C13H24N2S/c1-3-13(2)10-16-12(15-13)14-9-8-11-6-4-5-7-11/h11H,3-10H2,1-2H3,(H,14,15). The highest BCUT2D eigenvalue weighted by Crippen LogP contribution is 2.28. The molecule has 2 nitrogen and oxygen atoms in total. The van der Waals surface area contributed by atoms with E-state index in [1.807, 2.05) is 11.8 Å². The normalized spacial score (nSPS) is 33.5. The summed E-state index contributed by atoms with van der Waals surface area (Å²) in [6.07, 6.45) is 8.26. The van der Waals surface area contributed by atoms with Gasteiger partial charge in [0.05, 0.1) is 0 Å². The molecule has 16 heavy (non-hydrogen) atoms. The first-order valence-corrected chi connectivity index (χ1v) is 7.66. The molecule has 0 aromatic heterocycles. The van der Waals surface area contributed by atoms with Gasteiger partial charge in [-0.25, -0.2) is 0 Å². The van der Waals surface area contributed by atoms with Crippen molar-refractivity contribution in [3.05, 3.63) is 0 Å². The molecule has 0 bridgehead atoms. The van der Waals surface area contributed by atoms with E-state index in [1.54, 1.807) is 0 Å². The van der Waals surface area contributed by atoms with Gasteiger partial charge in [-0.15, -0.1) is 0 Å². The Balaban J connectivity index is 1.72. The molecule has 1 aliphatic heterocycles. The second-order valence-corrected chi connectivity index (χ2v) is 6.42. The predicted molar refractivity (Wildman–Crippen MR) is 73.2 cm³/mol. The van der Waals surface area contributed by atoms with Crippen LogP contribution in [-0.4, -0.2) is 23.0 Å². The van der Waals surface area contributed by atoms with Crippen LogP contribution in [0.5, 0.6) is 0 Å². The fourth-order valence-corrected chi connectivity index (χ4v) is 3.71. The molecule has 1 heterocycles. The summed E-state index contributed by atoms with van der Waals surface area (Å²) in [7, 11) is 0. The predicted octanol–water partition coefficient (Wildman–Crippen LogP) is 3.43. The molecule has 0 aromatic carbocycles. The second kappa shape index (κ2) is 5.44. The number of thioether (sulfide) groups is 1. The lowest BCUT2D eigenvalue weighted by Gasteiger charge is -2.20. The lowest BCUT2D eigenvalue weighted by molar-refractivity contribution is 0.465. The molecule has 0 spiro atoms. The maximum absolute atomic E-state index is 4.70. The number of rotatable bonds is 4. The molecule has 2 aliphatic rings. The Kier molecular flexibility index (Phi) is 4.17. The number of amidine groups is 1. The summed E-state index contributed by atoms with van der Waals surface area (Å²) < 4.78 is 0. The van der Waals surface area contributed by atoms with Crippen LogP contribution in [0.25, 0.3) is 0 Å². The molecular weight excluding hydrogens is 216 g/mol. The van der Waals surface area contributed by atoms with Crippen molar-refractivity contribution in [1.82, 2.24) is 5.32 Å². The minimum Gasteiger partial charge on any atom is -0.359 e. The Hall–Kier alpha value is -0.180. The SMILES string of the molecule is CCC1(C)CSC(=NCCC2CCCC2)N1. The van der Waals surface area contributed by atoms with E-state index >= 15 is 0 Å². The van der Waals surface area contributed by atoms with Crippen molar-refractivity contribution >= 4 is 16.9 Å². The lowest BCUT2D eigenvalue weighted by Crippen LogP contribution is -2.39. The van der Waals surface area contributed by atoms with Crippen molar-refractivity contribution in [3.8, 4) is 0 Å². The third-order valence-corrected chi connectivity index (χ3v) is 5.27. The van der Waals surface area contributed by atoms with E-state index in [9.17, 15) is 0 Å². The molecule has 0 radical (unpaired) electrons. The first kappa shape index (κ1) is 12.3. The van der Waals surface area contributed by atoms with Crippen LogP contribution >= 0.6 is 11.8 Å². The number of nitrogens with zero attached hydrogens (tertiary/aromatic N) is 1. The Morgan fingerprint density at radius 2 is 2.19 bits per heavy atom. The molecule has 0 amide bonds. The van der Waals surface area contributed by atoms with Gasteiger partial charge in [-0.3, -0.25) is 4.99 Å². The highest BCUT2D eigenvalue weighted by atomic mass is 32.2. The monoisotopic (exact) mass is 240 g/mol. The molecule has 2 rings (SSSR count). The van der Waals surface area contributed by atoms with Gasteiger partial charge in [0.2, 0.25) is 0 Å². The smallest absolute Gasteiger partial charge is 0.157 e. The average molecular weight is 240 g/mol. The number of hydrogen-bond acceptors (Lipinski definition) is 2. The Morgan fingerprint density at radius 3 is 2.81 bits per heavy atom. The van der Waals surface area contributed by atoms with Gasteiger partial charge in [0.1, 0.15) is 0 Å². The quantitative estimate of drug-likeness (QED) is 0.814. The molecule has 1 aliphatic carbocycles. The summed E-state index contributed by atoms with van der Waals surface area (Å²) in [6, 6.07) is 0. The molecule has 92 valence electrons. The van der Waals surface area contributed by atoms with Gasteiger partial charge in [0.15, 0.2) is 5.17 Å². The molecule has 3 heteroatoms. The average Bonchev–Trinajstić information content (AvgIpc) is 2.90. The van der Waals surface area contributed by atoms with Crippen molar-refractivity contribution in [1.29, 1.82) is 0 Å². The molecule has 0 aromatic rings. The van der Waals surface area contributed by atoms with E-state index in [0.29, 0.717) is 0 Å². The second-order valence-electron chi connectivity index (χ2n) is 5.45. The van der Waals surface area contributed by atoms with E-state index < -0.39 is 0 Å². The zero-order chi connectivity index (χ0) is 11.4. The van der Waals surface area contributed by atoms with Crippen LogP contribution in [0.3, 0.4) is 0 Å². The minimum absolute atomic E-state index is 0.289.